The molecule has 2 aromatic rings. The van der Waals surface area contributed by atoms with Gasteiger partial charge in [0.2, 0.25) is 0 Å². The summed E-state index contributed by atoms with van der Waals surface area (Å²) in [5, 5.41) is 10.4. The molecule has 0 aromatic carbocycles. The van der Waals surface area contributed by atoms with Crippen LogP contribution in [-0.2, 0) is 6.42 Å². The van der Waals surface area contributed by atoms with Crippen LogP contribution in [0.25, 0.3) is 0 Å². The third-order valence-electron chi connectivity index (χ3n) is 3.78. The van der Waals surface area contributed by atoms with Gasteiger partial charge in [-0.1, -0.05) is 6.92 Å². The van der Waals surface area contributed by atoms with Gasteiger partial charge in [-0.05, 0) is 25.5 Å². The van der Waals surface area contributed by atoms with Crippen LogP contribution in [0.1, 0.15) is 39.7 Å². The van der Waals surface area contributed by atoms with Gasteiger partial charge in [0.1, 0.15) is 17.1 Å². The highest BCUT2D eigenvalue weighted by Gasteiger charge is 2.24. The van der Waals surface area contributed by atoms with Crippen LogP contribution in [-0.4, -0.2) is 23.1 Å². The summed E-state index contributed by atoms with van der Waals surface area (Å²) in [5.41, 5.74) is 0.361. The Morgan fingerprint density at radius 1 is 1.43 bits per heavy atom. The van der Waals surface area contributed by atoms with Crippen LogP contribution in [0.3, 0.4) is 0 Å². The molecule has 1 aliphatic rings. The highest BCUT2D eigenvalue weighted by Crippen LogP contribution is 2.39. The van der Waals surface area contributed by atoms with Crippen molar-refractivity contribution in [3.63, 3.8) is 0 Å². The minimum Gasteiger partial charge on any atom is -0.507 e. The van der Waals surface area contributed by atoms with E-state index >= 15 is 0 Å². The van der Waals surface area contributed by atoms with E-state index in [1.165, 1.54) is 15.8 Å². The van der Waals surface area contributed by atoms with E-state index in [1.54, 1.807) is 6.92 Å². The fraction of sp³-hybridized carbons (Fsp3) is 0.412. The van der Waals surface area contributed by atoms with E-state index in [2.05, 4.69) is 24.0 Å². The number of aliphatic imine (C=N–C) groups is 1. The molecule has 0 bridgehead atoms. The molecular formula is C17H19NO3S2. The lowest BCUT2D eigenvalue weighted by molar-refractivity contribution is 0.432. The third kappa shape index (κ3) is 3.53. The molecule has 1 unspecified atom stereocenters. The molecule has 6 heteroatoms. The van der Waals surface area contributed by atoms with Crippen molar-refractivity contribution >= 4 is 28.8 Å². The van der Waals surface area contributed by atoms with Gasteiger partial charge in [-0.25, -0.2) is 4.79 Å². The average Bonchev–Trinajstić information content (AvgIpc) is 2.85. The summed E-state index contributed by atoms with van der Waals surface area (Å²) < 4.78 is 5.14. The number of aryl methyl sites for hydroxylation is 2. The summed E-state index contributed by atoms with van der Waals surface area (Å²) in [4.78, 5) is 19.3. The zero-order valence-electron chi connectivity index (χ0n) is 13.2. The lowest BCUT2D eigenvalue weighted by Gasteiger charge is -2.13. The minimum atomic E-state index is -0.507. The maximum Gasteiger partial charge on any atom is 0.348 e. The second-order valence-electron chi connectivity index (χ2n) is 5.45. The van der Waals surface area contributed by atoms with E-state index in [0.717, 1.165) is 12.2 Å². The van der Waals surface area contributed by atoms with Gasteiger partial charge in [-0.15, -0.1) is 11.3 Å². The lowest BCUT2D eigenvalue weighted by atomic mass is 10.1. The summed E-state index contributed by atoms with van der Waals surface area (Å²) >= 11 is 3.67. The quantitative estimate of drug-likeness (QED) is 0.911. The smallest absolute Gasteiger partial charge is 0.348 e. The van der Waals surface area contributed by atoms with Crippen LogP contribution in [0, 0.1) is 6.92 Å². The van der Waals surface area contributed by atoms with E-state index in [1.807, 2.05) is 23.1 Å². The highest BCUT2D eigenvalue weighted by atomic mass is 32.2. The molecule has 0 saturated heterocycles. The molecule has 1 N–H and O–H groups in total. The van der Waals surface area contributed by atoms with Gasteiger partial charge < -0.3 is 9.52 Å². The second kappa shape index (κ2) is 6.93. The topological polar surface area (TPSA) is 62.8 Å². The molecule has 0 amide bonds. The molecule has 2 aromatic heterocycles. The van der Waals surface area contributed by atoms with Crippen molar-refractivity contribution in [3.8, 4) is 5.75 Å². The molecule has 3 rings (SSSR count). The Balaban J connectivity index is 1.94. The first-order valence-electron chi connectivity index (χ1n) is 7.66. The number of rotatable bonds is 3. The summed E-state index contributed by atoms with van der Waals surface area (Å²) in [5.74, 6) is 1.27. The van der Waals surface area contributed by atoms with Gasteiger partial charge in [0.15, 0.2) is 0 Å². The Hall–Kier alpha value is -1.53. The maximum absolute atomic E-state index is 12.2. The Morgan fingerprint density at radius 3 is 2.96 bits per heavy atom. The van der Waals surface area contributed by atoms with Crippen LogP contribution in [0.15, 0.2) is 32.4 Å². The molecule has 122 valence electrons. The molecule has 3 heterocycles. The van der Waals surface area contributed by atoms with Crippen molar-refractivity contribution in [2.75, 3.05) is 12.3 Å². The van der Waals surface area contributed by atoms with E-state index in [9.17, 15) is 9.90 Å². The van der Waals surface area contributed by atoms with E-state index in [0.29, 0.717) is 24.4 Å². The van der Waals surface area contributed by atoms with Crippen molar-refractivity contribution in [2.24, 2.45) is 4.99 Å². The zero-order chi connectivity index (χ0) is 16.4. The molecule has 0 saturated carbocycles. The largest absolute Gasteiger partial charge is 0.507 e. The first-order valence-corrected chi connectivity index (χ1v) is 9.52. The number of hydrogen-bond acceptors (Lipinski definition) is 6. The van der Waals surface area contributed by atoms with Gasteiger partial charge in [-0.2, -0.15) is 11.8 Å². The number of thioether (sulfide) groups is 1. The molecule has 1 aliphatic heterocycles. The summed E-state index contributed by atoms with van der Waals surface area (Å²) in [6.45, 7) is 4.45. The molecule has 1 atom stereocenters. The molecule has 23 heavy (non-hydrogen) atoms. The molecule has 0 radical (unpaired) electrons. The molecule has 4 nitrogen and oxygen atoms in total. The highest BCUT2D eigenvalue weighted by molar-refractivity contribution is 7.99. The summed E-state index contributed by atoms with van der Waals surface area (Å²) in [6.07, 6.45) is 1.67. The predicted molar refractivity (Wildman–Crippen MR) is 96.3 cm³/mol. The van der Waals surface area contributed by atoms with Crippen molar-refractivity contribution in [3.05, 3.63) is 49.7 Å². The number of thiophene rings is 1. The van der Waals surface area contributed by atoms with Crippen LogP contribution in [0.4, 0.5) is 0 Å². The Bertz CT molecular complexity index is 791. The normalized spacial score (nSPS) is 18.5. The predicted octanol–water partition coefficient (Wildman–Crippen LogP) is 3.95. The number of hydrogen-bond donors (Lipinski definition) is 1. The number of nitrogens with zero attached hydrogens (tertiary/aromatic N) is 1. The van der Waals surface area contributed by atoms with Gasteiger partial charge in [0, 0.05) is 39.8 Å². The summed E-state index contributed by atoms with van der Waals surface area (Å²) in [7, 11) is 0. The van der Waals surface area contributed by atoms with E-state index in [-0.39, 0.29) is 16.6 Å². The van der Waals surface area contributed by atoms with Gasteiger partial charge >= 0.3 is 5.63 Å². The SMILES string of the molecule is CCc1ccc(C2CC(c3c(O)cc(C)oc3=O)=NCCS2)s1. The molecule has 0 aliphatic carbocycles. The summed E-state index contributed by atoms with van der Waals surface area (Å²) in [6, 6.07) is 5.81. The second-order valence-corrected chi connectivity index (χ2v) is 7.96. The zero-order valence-corrected chi connectivity index (χ0v) is 14.8. The molecule has 0 fully saturated rings. The van der Waals surface area contributed by atoms with E-state index in [4.69, 9.17) is 4.42 Å². The van der Waals surface area contributed by atoms with Crippen LogP contribution >= 0.6 is 23.1 Å². The van der Waals surface area contributed by atoms with Crippen molar-refractivity contribution in [1.82, 2.24) is 0 Å². The van der Waals surface area contributed by atoms with Gasteiger partial charge in [0.05, 0.1) is 5.71 Å². The monoisotopic (exact) mass is 349 g/mol. The van der Waals surface area contributed by atoms with Crippen molar-refractivity contribution in [2.45, 2.75) is 31.9 Å². The lowest BCUT2D eigenvalue weighted by Crippen LogP contribution is -2.16. The fourth-order valence-electron chi connectivity index (χ4n) is 2.66. The third-order valence-corrected chi connectivity index (χ3v) is 6.52. The Labute approximate surface area is 143 Å². The standard InChI is InChI=1S/C17H19NO3S2/c1-3-11-4-5-14(23-11)15-9-12(18-6-7-22-15)16-13(19)8-10(2)21-17(16)20/h4-5,8,15,19H,3,6-7,9H2,1-2H3. The number of aromatic hydroxyl groups is 1. The fourth-order valence-corrected chi connectivity index (χ4v) is 4.94. The van der Waals surface area contributed by atoms with Crippen LogP contribution in [0.2, 0.25) is 0 Å². The average molecular weight is 349 g/mol. The molecular weight excluding hydrogens is 330 g/mol. The first-order chi connectivity index (χ1) is 11.1. The Kier molecular flexibility index (Phi) is 4.92. The van der Waals surface area contributed by atoms with Crippen molar-refractivity contribution < 1.29 is 9.52 Å². The van der Waals surface area contributed by atoms with Gasteiger partial charge in [0.25, 0.3) is 0 Å². The van der Waals surface area contributed by atoms with Gasteiger partial charge in [-0.3, -0.25) is 4.99 Å². The van der Waals surface area contributed by atoms with Crippen LogP contribution < -0.4 is 5.63 Å². The first kappa shape index (κ1) is 16.3. The van der Waals surface area contributed by atoms with E-state index < -0.39 is 5.63 Å². The molecule has 0 spiro atoms. The minimum absolute atomic E-state index is 0.0384. The Morgan fingerprint density at radius 2 is 2.26 bits per heavy atom. The van der Waals surface area contributed by atoms with Crippen LogP contribution in [0.5, 0.6) is 5.75 Å². The van der Waals surface area contributed by atoms with Crippen molar-refractivity contribution in [1.29, 1.82) is 0 Å². The maximum atomic E-state index is 12.2.